The zero-order chi connectivity index (χ0) is 80.8. The minimum atomic E-state index is -1.06. The number of aliphatic hydroxyl groups is 1. The first kappa shape index (κ1) is 90.2. The van der Waals surface area contributed by atoms with Crippen LogP contribution < -0.4 is 9.47 Å². The van der Waals surface area contributed by atoms with Crippen molar-refractivity contribution in [2.24, 2.45) is 51.2 Å². The number of rotatable bonds is 26. The molecular weight excluding hydrogens is 1380 g/mol. The van der Waals surface area contributed by atoms with E-state index in [4.69, 9.17) is 43.0 Å². The number of ether oxygens (including phenoxy) is 8. The summed E-state index contributed by atoms with van der Waals surface area (Å²) in [5.41, 5.74) is 2.39. The Balaban J connectivity index is 0.000000186. The van der Waals surface area contributed by atoms with Crippen molar-refractivity contribution in [1.29, 1.82) is 5.26 Å². The Morgan fingerprint density at radius 1 is 0.627 bits per heavy atom. The summed E-state index contributed by atoms with van der Waals surface area (Å²) in [6.07, 6.45) is 24.2. The normalized spacial score (nSPS) is 25.8. The zero-order valence-electron chi connectivity index (χ0n) is 70.5. The lowest BCUT2D eigenvalue weighted by atomic mass is 9.52. The SMILES string of the molecule is CCC(C)(C)C(=O)OCC(=O)OC1C2CC3C1OC(=O)C3(C#N)C2.CCC(C)C(=O)OC12CC3CC(CC(O)(C3)C1)C2.CCC(C)c1ccc(O)cc1.CCC(C)c1ccc(OC(CC(C)(C)C)OC2CCCCC2)cc1.CCC(C)c1ccc(OCc2ccccc2)cc1.CCC1(OC(=O)C(C)(C)CC)CCCC1. The maximum atomic E-state index is 12.1. The average molecular weight is 1520 g/mol. The van der Waals surface area contributed by atoms with Crippen molar-refractivity contribution in [3.63, 3.8) is 0 Å². The van der Waals surface area contributed by atoms with Gasteiger partial charge in [-0.2, -0.15) is 5.26 Å². The third-order valence-electron chi connectivity index (χ3n) is 25.4. The van der Waals surface area contributed by atoms with E-state index in [1.165, 1.54) is 80.0 Å². The summed E-state index contributed by atoms with van der Waals surface area (Å²) in [5, 5.41) is 28.9. The molecule has 2 N–H and O–H groups in total. The van der Waals surface area contributed by atoms with Crippen LogP contribution in [0.3, 0.4) is 0 Å². The number of aromatic hydroxyl groups is 1. The molecule has 13 rings (SSSR count). The van der Waals surface area contributed by atoms with Crippen LogP contribution >= 0.6 is 0 Å². The standard InChI is InChI=1S/C22H36O2.C17H21NO6.C17H20O.C15H24O3.C13H24O2.C10H14O/c1-6-17(2)18-12-14-20(15-13-18)24-21(16-22(3,4)5)23-19-10-8-7-9-11-19;1-4-16(2,3)14(20)22-7-11(19)23-12-9-5-10-13(12)24-15(21)17(10,6-9)8-18;1-3-14(2)16-9-11-17(12-10-16)18-13-15-7-5-4-6-8-15;1-3-10(2)13(16)18-15-7-11-4-12(8-15)6-14(17,5-11)9-15;1-5-12(3,4)11(14)15-13(6-2)9-7-8-10-13;1-3-8(2)9-4-6-10(11)7-5-9/h12-15,17,19,21H,6-11,16H2,1-5H3;9-10,12-13H,4-7H2,1-3H3;4-12,14H,3,13H2,1-2H3;10-12,17H,3-9H2,1-2H3;5-10H2,1-4H3;4-8,11H,3H2,1-2H3. The van der Waals surface area contributed by atoms with E-state index in [-0.39, 0.29) is 58.0 Å². The van der Waals surface area contributed by atoms with Crippen molar-refractivity contribution < 1.29 is 72.1 Å². The fourth-order valence-electron chi connectivity index (χ4n) is 16.9. The molecule has 16 nitrogen and oxygen atoms in total. The summed E-state index contributed by atoms with van der Waals surface area (Å²) in [6.45, 7) is 37.6. The van der Waals surface area contributed by atoms with Crippen LogP contribution in [0.1, 0.15) is 325 Å². The van der Waals surface area contributed by atoms with E-state index in [1.54, 1.807) is 26.0 Å². The van der Waals surface area contributed by atoms with Crippen LogP contribution in [-0.4, -0.2) is 88.1 Å². The molecule has 1 heterocycles. The maximum absolute atomic E-state index is 12.1. The molecule has 0 radical (unpaired) electrons. The van der Waals surface area contributed by atoms with Crippen molar-refractivity contribution in [2.75, 3.05) is 6.61 Å². The van der Waals surface area contributed by atoms with E-state index in [1.807, 2.05) is 71.9 Å². The molecule has 9 aliphatic rings. The number of carbonyl (C=O) groups is 5. The first-order valence-electron chi connectivity index (χ1n) is 42.2. The number of phenols is 1. The van der Waals surface area contributed by atoms with Gasteiger partial charge >= 0.3 is 29.8 Å². The highest BCUT2D eigenvalue weighted by Crippen LogP contribution is 2.62. The number of carbonyl (C=O) groups excluding carboxylic acids is 5. The van der Waals surface area contributed by atoms with Gasteiger partial charge in [-0.05, 0) is 250 Å². The molecule has 4 aromatic rings. The van der Waals surface area contributed by atoms with Crippen molar-refractivity contribution >= 4 is 29.8 Å². The molecule has 8 aliphatic carbocycles. The van der Waals surface area contributed by atoms with Crippen molar-refractivity contribution in [1.82, 2.24) is 0 Å². The molecular formula is C94H139NO15. The Morgan fingerprint density at radius 2 is 1.15 bits per heavy atom. The van der Waals surface area contributed by atoms with Gasteiger partial charge < -0.3 is 48.1 Å². The van der Waals surface area contributed by atoms with Gasteiger partial charge in [-0.3, -0.25) is 19.2 Å². The summed E-state index contributed by atoms with van der Waals surface area (Å²) < 4.78 is 45.7. The monoisotopic (exact) mass is 1520 g/mol. The predicted molar refractivity (Wildman–Crippen MR) is 433 cm³/mol. The Bertz CT molecular complexity index is 3530. The molecule has 110 heavy (non-hydrogen) atoms. The second-order valence-electron chi connectivity index (χ2n) is 36.1. The Kier molecular flexibility index (Phi) is 33.4. The first-order valence-corrected chi connectivity index (χ1v) is 42.2. The summed E-state index contributed by atoms with van der Waals surface area (Å²) in [7, 11) is 0. The van der Waals surface area contributed by atoms with Crippen LogP contribution in [0.15, 0.2) is 103 Å². The zero-order valence-corrected chi connectivity index (χ0v) is 70.5. The van der Waals surface area contributed by atoms with E-state index >= 15 is 0 Å². The highest BCUT2D eigenvalue weighted by Gasteiger charge is 2.72. The minimum Gasteiger partial charge on any atom is -0.508 e. The van der Waals surface area contributed by atoms with Crippen LogP contribution in [-0.2, 0) is 59.0 Å². The molecule has 12 unspecified atom stereocenters. The Hall–Kier alpha value is -6.96. The van der Waals surface area contributed by atoms with Crippen LogP contribution in [0.4, 0.5) is 0 Å². The molecule has 610 valence electrons. The number of benzene rings is 4. The second-order valence-corrected chi connectivity index (χ2v) is 36.1. The molecule has 0 spiro atoms. The lowest BCUT2D eigenvalue weighted by Crippen LogP contribution is -2.60. The number of hydrogen-bond acceptors (Lipinski definition) is 16. The number of phenolic OH excluding ortho intramolecular Hbond substituents is 1. The second kappa shape index (κ2) is 40.7. The fraction of sp³-hybridized carbons (Fsp3) is 0.681. The van der Waals surface area contributed by atoms with Gasteiger partial charge in [0.15, 0.2) is 12.0 Å². The quantitative estimate of drug-likeness (QED) is 0.0339. The number of nitriles is 1. The van der Waals surface area contributed by atoms with Gasteiger partial charge in [0.2, 0.25) is 6.29 Å². The third-order valence-corrected chi connectivity index (χ3v) is 25.4. The summed E-state index contributed by atoms with van der Waals surface area (Å²) in [6, 6.07) is 36.8. The molecule has 9 fully saturated rings. The largest absolute Gasteiger partial charge is 0.508 e. The lowest BCUT2D eigenvalue weighted by molar-refractivity contribution is -0.222. The van der Waals surface area contributed by atoms with Crippen molar-refractivity contribution in [3.8, 4) is 23.3 Å². The van der Waals surface area contributed by atoms with Crippen LogP contribution in [0, 0.1) is 62.6 Å². The maximum Gasteiger partial charge on any atom is 0.344 e. The molecule has 6 bridgehead atoms. The van der Waals surface area contributed by atoms with Crippen molar-refractivity contribution in [3.05, 3.63) is 125 Å². The molecule has 1 saturated heterocycles. The van der Waals surface area contributed by atoms with E-state index in [9.17, 15) is 34.3 Å². The van der Waals surface area contributed by atoms with E-state index in [0.717, 1.165) is 88.5 Å². The highest BCUT2D eigenvalue weighted by atomic mass is 16.7. The summed E-state index contributed by atoms with van der Waals surface area (Å²) >= 11 is 0. The molecule has 0 amide bonds. The number of nitrogens with zero attached hydrogens (tertiary/aromatic N) is 1. The van der Waals surface area contributed by atoms with Gasteiger partial charge in [0, 0.05) is 24.7 Å². The number of esters is 5. The van der Waals surface area contributed by atoms with Crippen LogP contribution in [0.25, 0.3) is 0 Å². The van der Waals surface area contributed by atoms with Gasteiger partial charge in [0.05, 0.1) is 34.5 Å². The molecule has 12 atom stereocenters. The van der Waals surface area contributed by atoms with E-state index < -0.39 is 53.2 Å². The average Bonchev–Trinajstić information content (AvgIpc) is 1.51. The van der Waals surface area contributed by atoms with Gasteiger partial charge in [0.1, 0.15) is 47.3 Å². The summed E-state index contributed by atoms with van der Waals surface area (Å²) in [5.74, 6) is 3.17. The van der Waals surface area contributed by atoms with Gasteiger partial charge in [0.25, 0.3) is 0 Å². The molecule has 0 aromatic heterocycles. The van der Waals surface area contributed by atoms with Crippen LogP contribution in [0.2, 0.25) is 0 Å². The summed E-state index contributed by atoms with van der Waals surface area (Å²) in [4.78, 5) is 59.9. The lowest BCUT2D eigenvalue weighted by Gasteiger charge is -2.59. The van der Waals surface area contributed by atoms with Gasteiger partial charge in [-0.25, -0.2) is 4.79 Å². The fourth-order valence-corrected chi connectivity index (χ4v) is 16.9. The third kappa shape index (κ3) is 25.3. The van der Waals surface area contributed by atoms with E-state index in [0.29, 0.717) is 73.7 Å². The topological polar surface area (TPSA) is 223 Å². The van der Waals surface area contributed by atoms with Crippen molar-refractivity contribution in [2.45, 2.75) is 351 Å². The molecule has 8 saturated carbocycles. The molecule has 16 heteroatoms. The molecule has 4 aromatic carbocycles. The Morgan fingerprint density at radius 3 is 1.65 bits per heavy atom. The van der Waals surface area contributed by atoms with Gasteiger partial charge in [-0.15, -0.1) is 0 Å². The first-order chi connectivity index (χ1) is 52.0. The minimum absolute atomic E-state index is 0.0197. The highest BCUT2D eigenvalue weighted by molar-refractivity contribution is 5.85. The van der Waals surface area contributed by atoms with E-state index in [2.05, 4.69) is 136 Å². The van der Waals surface area contributed by atoms with Crippen LogP contribution in [0.5, 0.6) is 17.2 Å². The smallest absolute Gasteiger partial charge is 0.344 e. The predicted octanol–water partition coefficient (Wildman–Crippen LogP) is 22.1. The Labute approximate surface area is 661 Å². The number of hydrogen-bond donors (Lipinski definition) is 2. The molecule has 1 aliphatic heterocycles. The number of fused-ring (bicyclic) bond motifs is 1. The van der Waals surface area contributed by atoms with Gasteiger partial charge in [-0.1, -0.05) is 183 Å².